The summed E-state index contributed by atoms with van der Waals surface area (Å²) in [5.41, 5.74) is 1.31. The SMILES string of the molecule is COc1ccc(N2CC(C(=O)Oc3ccc(NC(=O)c4cccs4)cc3)CC2=O)cc1. The molecule has 7 nitrogen and oxygen atoms in total. The lowest BCUT2D eigenvalue weighted by atomic mass is 10.1. The standard InChI is InChI=1S/C23H20N2O5S/c1-29-18-10-6-17(7-11-18)25-14-15(13-21(25)26)23(28)30-19-8-4-16(5-9-19)24-22(27)20-3-2-12-31-20/h2-12,15H,13-14H2,1H3,(H,24,27). The van der Waals surface area contributed by atoms with Gasteiger partial charge in [-0.25, -0.2) is 0 Å². The van der Waals surface area contributed by atoms with E-state index in [-0.39, 0.29) is 24.8 Å². The third-order valence-corrected chi connectivity index (χ3v) is 5.79. The normalized spacial score (nSPS) is 15.6. The van der Waals surface area contributed by atoms with Crippen LogP contribution in [0.4, 0.5) is 11.4 Å². The fraction of sp³-hybridized carbons (Fsp3) is 0.174. The number of rotatable bonds is 6. The highest BCUT2D eigenvalue weighted by Crippen LogP contribution is 2.28. The van der Waals surface area contributed by atoms with Crippen molar-refractivity contribution in [2.75, 3.05) is 23.9 Å². The molecular formula is C23H20N2O5S. The summed E-state index contributed by atoms with van der Waals surface area (Å²) in [6, 6.07) is 17.2. The van der Waals surface area contributed by atoms with Crippen molar-refractivity contribution in [1.82, 2.24) is 0 Å². The van der Waals surface area contributed by atoms with Crippen LogP contribution in [0.2, 0.25) is 0 Å². The molecule has 1 N–H and O–H groups in total. The highest BCUT2D eigenvalue weighted by atomic mass is 32.1. The number of benzene rings is 2. The summed E-state index contributed by atoms with van der Waals surface area (Å²) >= 11 is 1.36. The topological polar surface area (TPSA) is 84.9 Å². The Kier molecular flexibility index (Phi) is 5.99. The Hall–Kier alpha value is -3.65. The van der Waals surface area contributed by atoms with E-state index in [0.717, 1.165) is 0 Å². The molecule has 0 saturated carbocycles. The summed E-state index contributed by atoms with van der Waals surface area (Å²) in [7, 11) is 1.58. The first-order valence-corrected chi connectivity index (χ1v) is 10.5. The van der Waals surface area contributed by atoms with E-state index in [1.807, 2.05) is 11.4 Å². The number of anilines is 2. The molecule has 1 saturated heterocycles. The van der Waals surface area contributed by atoms with Crippen LogP contribution in [0, 0.1) is 5.92 Å². The number of esters is 1. The van der Waals surface area contributed by atoms with Gasteiger partial charge in [0.2, 0.25) is 5.91 Å². The summed E-state index contributed by atoms with van der Waals surface area (Å²) in [4.78, 5) is 39.2. The molecule has 3 aromatic rings. The van der Waals surface area contributed by atoms with Crippen LogP contribution < -0.4 is 19.7 Å². The summed E-state index contributed by atoms with van der Waals surface area (Å²) < 4.78 is 10.6. The van der Waals surface area contributed by atoms with E-state index in [0.29, 0.717) is 27.8 Å². The molecule has 1 fully saturated rings. The maximum atomic E-state index is 12.6. The molecule has 158 valence electrons. The van der Waals surface area contributed by atoms with Gasteiger partial charge in [0.05, 0.1) is 17.9 Å². The van der Waals surface area contributed by atoms with Gasteiger partial charge in [-0.1, -0.05) is 6.07 Å². The van der Waals surface area contributed by atoms with Crippen LogP contribution in [0.3, 0.4) is 0 Å². The van der Waals surface area contributed by atoms with Crippen LogP contribution in [0.5, 0.6) is 11.5 Å². The van der Waals surface area contributed by atoms with E-state index in [2.05, 4.69) is 5.32 Å². The van der Waals surface area contributed by atoms with Crippen molar-refractivity contribution in [3.05, 3.63) is 70.9 Å². The van der Waals surface area contributed by atoms with Crippen molar-refractivity contribution < 1.29 is 23.9 Å². The minimum Gasteiger partial charge on any atom is -0.497 e. The van der Waals surface area contributed by atoms with E-state index in [9.17, 15) is 14.4 Å². The molecule has 1 unspecified atom stereocenters. The fourth-order valence-electron chi connectivity index (χ4n) is 3.28. The van der Waals surface area contributed by atoms with Crippen LogP contribution in [-0.4, -0.2) is 31.4 Å². The molecule has 2 amide bonds. The molecule has 8 heteroatoms. The van der Waals surface area contributed by atoms with Gasteiger partial charge in [-0.3, -0.25) is 14.4 Å². The monoisotopic (exact) mass is 436 g/mol. The van der Waals surface area contributed by atoms with Crippen molar-refractivity contribution in [3.8, 4) is 11.5 Å². The molecule has 31 heavy (non-hydrogen) atoms. The molecule has 1 atom stereocenters. The lowest BCUT2D eigenvalue weighted by Gasteiger charge is -2.17. The van der Waals surface area contributed by atoms with Gasteiger partial charge < -0.3 is 19.7 Å². The van der Waals surface area contributed by atoms with Crippen molar-refractivity contribution in [2.45, 2.75) is 6.42 Å². The Morgan fingerprint density at radius 3 is 2.39 bits per heavy atom. The van der Waals surface area contributed by atoms with E-state index in [4.69, 9.17) is 9.47 Å². The number of carbonyl (C=O) groups excluding carboxylic acids is 3. The molecule has 1 aliphatic heterocycles. The first-order chi connectivity index (χ1) is 15.0. The zero-order chi connectivity index (χ0) is 21.8. The summed E-state index contributed by atoms with van der Waals surface area (Å²) in [5, 5.41) is 4.62. The minimum atomic E-state index is -0.548. The number of nitrogens with one attached hydrogen (secondary N) is 1. The highest BCUT2D eigenvalue weighted by molar-refractivity contribution is 7.12. The lowest BCUT2D eigenvalue weighted by Crippen LogP contribution is -2.27. The molecule has 2 heterocycles. The van der Waals surface area contributed by atoms with Gasteiger partial charge >= 0.3 is 5.97 Å². The fourth-order valence-corrected chi connectivity index (χ4v) is 3.90. The minimum absolute atomic E-state index is 0.0970. The quantitative estimate of drug-likeness (QED) is 0.467. The zero-order valence-corrected chi connectivity index (χ0v) is 17.6. The van der Waals surface area contributed by atoms with E-state index >= 15 is 0 Å². The number of ether oxygens (including phenoxy) is 2. The van der Waals surface area contributed by atoms with E-state index < -0.39 is 11.9 Å². The molecule has 4 rings (SSSR count). The Morgan fingerprint density at radius 2 is 1.74 bits per heavy atom. The average Bonchev–Trinajstić information content (AvgIpc) is 3.45. The van der Waals surface area contributed by atoms with Gasteiger partial charge in [-0.05, 0) is 60.0 Å². The first kappa shape index (κ1) is 20.6. The Morgan fingerprint density at radius 1 is 1.03 bits per heavy atom. The second-order valence-electron chi connectivity index (χ2n) is 6.98. The smallest absolute Gasteiger partial charge is 0.316 e. The van der Waals surface area contributed by atoms with Crippen LogP contribution >= 0.6 is 11.3 Å². The predicted molar refractivity (Wildman–Crippen MR) is 118 cm³/mol. The van der Waals surface area contributed by atoms with Crippen LogP contribution in [0.15, 0.2) is 66.0 Å². The number of methoxy groups -OCH3 is 1. The average molecular weight is 436 g/mol. The third-order valence-electron chi connectivity index (χ3n) is 4.92. The molecule has 2 aromatic carbocycles. The Balaban J connectivity index is 1.34. The maximum Gasteiger partial charge on any atom is 0.316 e. The Bertz CT molecular complexity index is 1080. The molecular weight excluding hydrogens is 416 g/mol. The molecule has 1 aromatic heterocycles. The largest absolute Gasteiger partial charge is 0.497 e. The summed E-state index contributed by atoms with van der Waals surface area (Å²) in [5.74, 6) is -0.273. The molecule has 1 aliphatic rings. The second kappa shape index (κ2) is 9.01. The number of hydrogen-bond acceptors (Lipinski definition) is 6. The van der Waals surface area contributed by atoms with Crippen molar-refractivity contribution in [2.24, 2.45) is 5.92 Å². The highest BCUT2D eigenvalue weighted by Gasteiger charge is 2.36. The zero-order valence-electron chi connectivity index (χ0n) is 16.7. The maximum absolute atomic E-state index is 12.6. The summed E-state index contributed by atoms with van der Waals surface area (Å²) in [6.45, 7) is 0.263. The summed E-state index contributed by atoms with van der Waals surface area (Å²) in [6.07, 6.45) is 0.0970. The molecule has 0 spiro atoms. The molecule has 0 aliphatic carbocycles. The molecule has 0 bridgehead atoms. The molecule has 0 radical (unpaired) electrons. The van der Waals surface area contributed by atoms with Crippen molar-refractivity contribution in [3.63, 3.8) is 0 Å². The van der Waals surface area contributed by atoms with Gasteiger partial charge in [0, 0.05) is 24.3 Å². The lowest BCUT2D eigenvalue weighted by molar-refractivity contribution is -0.139. The number of amides is 2. The van der Waals surface area contributed by atoms with Gasteiger partial charge in [0.25, 0.3) is 5.91 Å². The number of thiophene rings is 1. The predicted octanol–water partition coefficient (Wildman–Crippen LogP) is 3.97. The van der Waals surface area contributed by atoms with Crippen LogP contribution in [0.25, 0.3) is 0 Å². The van der Waals surface area contributed by atoms with Crippen molar-refractivity contribution >= 4 is 40.5 Å². The first-order valence-electron chi connectivity index (χ1n) is 9.64. The van der Waals surface area contributed by atoms with Crippen molar-refractivity contribution in [1.29, 1.82) is 0 Å². The van der Waals surface area contributed by atoms with Gasteiger partial charge in [-0.15, -0.1) is 11.3 Å². The van der Waals surface area contributed by atoms with E-state index in [1.54, 1.807) is 66.6 Å². The van der Waals surface area contributed by atoms with E-state index in [1.165, 1.54) is 11.3 Å². The van der Waals surface area contributed by atoms with Crippen LogP contribution in [-0.2, 0) is 9.59 Å². The van der Waals surface area contributed by atoms with Gasteiger partial charge in [-0.2, -0.15) is 0 Å². The van der Waals surface area contributed by atoms with Gasteiger partial charge in [0.15, 0.2) is 0 Å². The number of carbonyl (C=O) groups is 3. The third kappa shape index (κ3) is 4.75. The number of hydrogen-bond donors (Lipinski definition) is 1. The van der Waals surface area contributed by atoms with Gasteiger partial charge in [0.1, 0.15) is 11.5 Å². The van der Waals surface area contributed by atoms with Crippen LogP contribution in [0.1, 0.15) is 16.1 Å². The Labute approximate surface area is 183 Å². The second-order valence-corrected chi connectivity index (χ2v) is 7.93. The number of nitrogens with zero attached hydrogens (tertiary/aromatic N) is 1.